The summed E-state index contributed by atoms with van der Waals surface area (Å²) in [6.07, 6.45) is 0. The number of hydrogen-bond donors (Lipinski definition) is 0. The highest BCUT2D eigenvalue weighted by Crippen LogP contribution is 2.36. The quantitative estimate of drug-likeness (QED) is 0.837. The van der Waals surface area contributed by atoms with E-state index >= 15 is 0 Å². The van der Waals surface area contributed by atoms with Crippen LogP contribution in [0.4, 0.5) is 0 Å². The van der Waals surface area contributed by atoms with Gasteiger partial charge in [-0.2, -0.15) is 4.31 Å². The number of benzene rings is 2. The van der Waals surface area contributed by atoms with Crippen LogP contribution in [0.25, 0.3) is 0 Å². The van der Waals surface area contributed by atoms with Crippen LogP contribution in [0.3, 0.4) is 0 Å². The molecule has 0 bridgehead atoms. The second-order valence-electron chi connectivity index (χ2n) is 6.54. The maximum absolute atomic E-state index is 12.9. The Balaban J connectivity index is 2.04. The Morgan fingerprint density at radius 2 is 1.17 bits per heavy atom. The zero-order valence-corrected chi connectivity index (χ0v) is 15.2. The van der Waals surface area contributed by atoms with Gasteiger partial charge in [-0.05, 0) is 80.1 Å². The molecule has 0 saturated heterocycles. The molecule has 1 aliphatic rings. The number of hydrogen-bond acceptors (Lipinski definition) is 2. The van der Waals surface area contributed by atoms with Crippen LogP contribution >= 0.6 is 0 Å². The highest BCUT2D eigenvalue weighted by atomic mass is 32.2. The van der Waals surface area contributed by atoms with Crippen LogP contribution in [0, 0.1) is 34.6 Å². The highest BCUT2D eigenvalue weighted by Gasteiger charge is 2.33. The van der Waals surface area contributed by atoms with E-state index in [1.165, 1.54) is 33.4 Å². The van der Waals surface area contributed by atoms with Crippen molar-refractivity contribution in [2.75, 3.05) is 0 Å². The van der Waals surface area contributed by atoms with Crippen LogP contribution in [0.15, 0.2) is 29.2 Å². The summed E-state index contributed by atoms with van der Waals surface area (Å²) in [6.45, 7) is 11.3. The minimum atomic E-state index is -3.45. The Labute approximate surface area is 139 Å². The first-order valence-corrected chi connectivity index (χ1v) is 9.32. The molecule has 4 heteroatoms. The van der Waals surface area contributed by atoms with Gasteiger partial charge in [0.2, 0.25) is 10.0 Å². The van der Waals surface area contributed by atoms with Gasteiger partial charge in [-0.1, -0.05) is 17.7 Å². The van der Waals surface area contributed by atoms with Crippen molar-refractivity contribution in [1.82, 2.24) is 4.31 Å². The molecule has 3 nitrogen and oxygen atoms in total. The topological polar surface area (TPSA) is 37.4 Å². The van der Waals surface area contributed by atoms with Crippen LogP contribution < -0.4 is 0 Å². The third-order valence-electron chi connectivity index (χ3n) is 5.28. The fraction of sp³-hybridized carbons (Fsp3) is 0.368. The molecule has 0 amide bonds. The van der Waals surface area contributed by atoms with Crippen LogP contribution in [-0.2, 0) is 23.1 Å². The number of aryl methyl sites for hydroxylation is 1. The zero-order valence-electron chi connectivity index (χ0n) is 14.4. The van der Waals surface area contributed by atoms with E-state index < -0.39 is 10.0 Å². The first-order valence-electron chi connectivity index (χ1n) is 7.88. The maximum Gasteiger partial charge on any atom is 0.243 e. The summed E-state index contributed by atoms with van der Waals surface area (Å²) in [5, 5.41) is 0. The van der Waals surface area contributed by atoms with E-state index in [9.17, 15) is 8.42 Å². The molecule has 122 valence electrons. The maximum atomic E-state index is 12.9. The number of fused-ring (bicyclic) bond motifs is 1. The van der Waals surface area contributed by atoms with Gasteiger partial charge in [-0.25, -0.2) is 8.42 Å². The highest BCUT2D eigenvalue weighted by molar-refractivity contribution is 7.89. The van der Waals surface area contributed by atoms with Gasteiger partial charge in [-0.15, -0.1) is 0 Å². The van der Waals surface area contributed by atoms with Gasteiger partial charge in [-0.3, -0.25) is 0 Å². The normalized spacial score (nSPS) is 15.0. The van der Waals surface area contributed by atoms with Crippen molar-refractivity contribution >= 4 is 10.0 Å². The van der Waals surface area contributed by atoms with Gasteiger partial charge in [0, 0.05) is 13.1 Å². The lowest BCUT2D eigenvalue weighted by Gasteiger charge is -2.16. The molecule has 23 heavy (non-hydrogen) atoms. The lowest BCUT2D eigenvalue weighted by molar-refractivity contribution is 0.431. The third-order valence-corrected chi connectivity index (χ3v) is 7.09. The molecule has 0 aliphatic carbocycles. The molecule has 0 aromatic heterocycles. The monoisotopic (exact) mass is 329 g/mol. The van der Waals surface area contributed by atoms with E-state index in [2.05, 4.69) is 27.7 Å². The Morgan fingerprint density at radius 1 is 0.739 bits per heavy atom. The summed E-state index contributed by atoms with van der Waals surface area (Å²) in [5.74, 6) is 0. The molecule has 2 aromatic rings. The SMILES string of the molecule is Cc1ccc(S(=O)(=O)N2Cc3c(C)c(C)c(C)c(C)c3C2)cc1. The van der Waals surface area contributed by atoms with E-state index in [1.54, 1.807) is 16.4 Å². The van der Waals surface area contributed by atoms with Gasteiger partial charge in [0.15, 0.2) is 0 Å². The van der Waals surface area contributed by atoms with Crippen molar-refractivity contribution in [2.24, 2.45) is 0 Å². The van der Waals surface area contributed by atoms with Crippen molar-refractivity contribution in [3.63, 3.8) is 0 Å². The second kappa shape index (κ2) is 5.46. The van der Waals surface area contributed by atoms with Gasteiger partial charge < -0.3 is 0 Å². The van der Waals surface area contributed by atoms with Crippen molar-refractivity contribution in [1.29, 1.82) is 0 Å². The summed E-state index contributed by atoms with van der Waals surface area (Å²) >= 11 is 0. The van der Waals surface area contributed by atoms with Gasteiger partial charge in [0.25, 0.3) is 0 Å². The summed E-state index contributed by atoms with van der Waals surface area (Å²) < 4.78 is 27.5. The van der Waals surface area contributed by atoms with Crippen LogP contribution in [0.1, 0.15) is 38.9 Å². The predicted octanol–water partition coefficient (Wildman–Crippen LogP) is 3.93. The average Bonchev–Trinajstić information content (AvgIpc) is 2.97. The number of sulfonamides is 1. The molecular formula is C19H23NO2S. The molecular weight excluding hydrogens is 306 g/mol. The Bertz CT molecular complexity index is 844. The van der Waals surface area contributed by atoms with Crippen molar-refractivity contribution in [3.8, 4) is 0 Å². The summed E-state index contributed by atoms with van der Waals surface area (Å²) in [4.78, 5) is 0.375. The molecule has 0 fully saturated rings. The fourth-order valence-corrected chi connectivity index (χ4v) is 4.71. The van der Waals surface area contributed by atoms with Crippen LogP contribution in [0.2, 0.25) is 0 Å². The van der Waals surface area contributed by atoms with Crippen molar-refractivity contribution in [3.05, 3.63) is 63.2 Å². The summed E-state index contributed by atoms with van der Waals surface area (Å²) in [5.41, 5.74) is 8.43. The smallest absolute Gasteiger partial charge is 0.207 e. The van der Waals surface area contributed by atoms with Crippen LogP contribution in [-0.4, -0.2) is 12.7 Å². The third kappa shape index (κ3) is 2.50. The lowest BCUT2D eigenvalue weighted by Crippen LogP contribution is -2.25. The zero-order chi connectivity index (χ0) is 16.9. The molecule has 2 aromatic carbocycles. The summed E-state index contributed by atoms with van der Waals surface area (Å²) in [7, 11) is -3.45. The molecule has 3 rings (SSSR count). The molecule has 0 radical (unpaired) electrons. The first-order chi connectivity index (χ1) is 10.7. The standard InChI is InChI=1S/C19H23NO2S/c1-12-6-8-17(9-7-12)23(21,22)20-10-18-15(4)13(2)14(3)16(5)19(18)11-20/h6-9H,10-11H2,1-5H3. The minimum Gasteiger partial charge on any atom is -0.207 e. The lowest BCUT2D eigenvalue weighted by atomic mass is 9.90. The van der Waals surface area contributed by atoms with E-state index in [0.717, 1.165) is 5.56 Å². The van der Waals surface area contributed by atoms with Crippen LogP contribution in [0.5, 0.6) is 0 Å². The minimum absolute atomic E-state index is 0.375. The Hall–Kier alpha value is -1.65. The number of nitrogens with zero attached hydrogens (tertiary/aromatic N) is 1. The van der Waals surface area contributed by atoms with E-state index in [0.29, 0.717) is 18.0 Å². The molecule has 1 heterocycles. The summed E-state index contributed by atoms with van der Waals surface area (Å²) in [6, 6.07) is 7.09. The average molecular weight is 329 g/mol. The van der Waals surface area contributed by atoms with E-state index in [4.69, 9.17) is 0 Å². The Kier molecular flexibility index (Phi) is 3.85. The van der Waals surface area contributed by atoms with E-state index in [1.807, 2.05) is 19.1 Å². The second-order valence-corrected chi connectivity index (χ2v) is 8.48. The van der Waals surface area contributed by atoms with E-state index in [-0.39, 0.29) is 0 Å². The van der Waals surface area contributed by atoms with Crippen molar-refractivity contribution in [2.45, 2.75) is 52.6 Å². The van der Waals surface area contributed by atoms with Gasteiger partial charge in [0.05, 0.1) is 4.90 Å². The molecule has 0 saturated carbocycles. The predicted molar refractivity (Wildman–Crippen MR) is 93.0 cm³/mol. The fourth-order valence-electron chi connectivity index (χ4n) is 3.33. The molecule has 0 unspecified atom stereocenters. The molecule has 1 aliphatic heterocycles. The number of rotatable bonds is 2. The largest absolute Gasteiger partial charge is 0.243 e. The van der Waals surface area contributed by atoms with Crippen molar-refractivity contribution < 1.29 is 8.42 Å². The molecule has 0 N–H and O–H groups in total. The Morgan fingerprint density at radius 3 is 1.61 bits per heavy atom. The molecule has 0 atom stereocenters. The van der Waals surface area contributed by atoms with Gasteiger partial charge >= 0.3 is 0 Å². The van der Waals surface area contributed by atoms with Gasteiger partial charge in [0.1, 0.15) is 0 Å². The first kappa shape index (κ1) is 16.2. The molecule has 0 spiro atoms.